The Balaban J connectivity index is 1.46. The summed E-state index contributed by atoms with van der Waals surface area (Å²) >= 11 is 0. The van der Waals surface area contributed by atoms with Gasteiger partial charge in [0.15, 0.2) is 6.29 Å². The lowest BCUT2D eigenvalue weighted by molar-refractivity contribution is -0.135. The van der Waals surface area contributed by atoms with E-state index in [9.17, 15) is 19.2 Å². The Morgan fingerprint density at radius 2 is 1.78 bits per heavy atom. The van der Waals surface area contributed by atoms with Crippen LogP contribution >= 0.6 is 0 Å². The molecule has 0 heterocycles. The molecule has 0 aromatic carbocycles. The summed E-state index contributed by atoms with van der Waals surface area (Å²) in [5.41, 5.74) is 2.54. The highest BCUT2D eigenvalue weighted by Crippen LogP contribution is 2.58. The Kier molecular flexibility index (Phi) is 17.4. The van der Waals surface area contributed by atoms with E-state index in [1.54, 1.807) is 6.08 Å². The van der Waals surface area contributed by atoms with Crippen LogP contribution in [0.5, 0.6) is 0 Å². The minimum Gasteiger partial charge on any atom is -0.465 e. The minimum absolute atomic E-state index is 0.0758. The first-order valence-electron chi connectivity index (χ1n) is 21.4. The number of hydrogen-bond acceptors (Lipinski definition) is 7. The van der Waals surface area contributed by atoms with Crippen LogP contribution in [0, 0.1) is 58.7 Å². The van der Waals surface area contributed by atoms with Crippen LogP contribution in [0.15, 0.2) is 46.6 Å². The summed E-state index contributed by atoms with van der Waals surface area (Å²) in [5, 5.41) is 0. The van der Waals surface area contributed by atoms with Crippen LogP contribution in [-0.2, 0) is 33.4 Å². The van der Waals surface area contributed by atoms with E-state index in [0.717, 1.165) is 75.8 Å². The molecule has 0 radical (unpaired) electrons. The van der Waals surface area contributed by atoms with Gasteiger partial charge in [0.2, 0.25) is 0 Å². The molecule has 0 spiro atoms. The number of aldehydes is 3. The van der Waals surface area contributed by atoms with Crippen LogP contribution in [0.25, 0.3) is 0 Å². The highest BCUT2D eigenvalue weighted by molar-refractivity contribution is 6.00. The van der Waals surface area contributed by atoms with Crippen molar-refractivity contribution in [2.45, 2.75) is 150 Å². The van der Waals surface area contributed by atoms with Crippen molar-refractivity contribution in [1.29, 1.82) is 0 Å². The normalized spacial score (nSPS) is 35.6. The lowest BCUT2D eigenvalue weighted by Gasteiger charge is -2.45. The van der Waals surface area contributed by atoms with Crippen molar-refractivity contribution in [3.8, 4) is 12.3 Å². The highest BCUT2D eigenvalue weighted by Gasteiger charge is 2.49. The zero-order valence-corrected chi connectivity index (χ0v) is 34.8. The molecule has 3 fully saturated rings. The van der Waals surface area contributed by atoms with Gasteiger partial charge in [-0.15, -0.1) is 6.42 Å². The number of allylic oxidation sites excluding steroid dienone is 5. The SMILES string of the molecule is C#C/C(C(=O)OC)=C(C=O)\C=C/CCOC1CCC2CC(OC/C3=C/C/C=C(/C=O)C(C=O)CCC3)CCC(CCC3(C)C(C)CCC3C(C)C)C2(C)CC1. The van der Waals surface area contributed by atoms with Crippen LogP contribution in [-0.4, -0.2) is 57.4 Å². The van der Waals surface area contributed by atoms with Gasteiger partial charge in [-0.25, -0.2) is 4.79 Å². The highest BCUT2D eigenvalue weighted by atomic mass is 16.5. The van der Waals surface area contributed by atoms with Crippen LogP contribution in [0.1, 0.15) is 137 Å². The minimum atomic E-state index is -0.694. The molecule has 0 aliphatic heterocycles. The number of esters is 1. The molecule has 3 saturated carbocycles. The quantitative estimate of drug-likeness (QED) is 0.0294. The molecule has 4 rings (SSSR count). The van der Waals surface area contributed by atoms with E-state index in [4.69, 9.17) is 20.6 Å². The van der Waals surface area contributed by atoms with Gasteiger partial charge < -0.3 is 19.0 Å². The Morgan fingerprint density at radius 3 is 2.47 bits per heavy atom. The average molecular weight is 759 g/mol. The van der Waals surface area contributed by atoms with E-state index < -0.39 is 5.97 Å². The molecule has 0 N–H and O–H groups in total. The average Bonchev–Trinajstić information content (AvgIpc) is 3.36. The molecule has 0 aromatic heterocycles. The molecule has 304 valence electrons. The van der Waals surface area contributed by atoms with Gasteiger partial charge in [0.05, 0.1) is 32.5 Å². The number of carbonyl (C=O) groups excluding carboxylic acids is 4. The summed E-state index contributed by atoms with van der Waals surface area (Å²) in [6.07, 6.45) is 32.4. The van der Waals surface area contributed by atoms with Gasteiger partial charge in [0, 0.05) is 11.5 Å². The Morgan fingerprint density at radius 1 is 1.00 bits per heavy atom. The number of ether oxygens (including phenoxy) is 3. The van der Waals surface area contributed by atoms with Crippen molar-refractivity contribution in [3.05, 3.63) is 46.6 Å². The van der Waals surface area contributed by atoms with E-state index >= 15 is 0 Å². The molecule has 9 atom stereocenters. The van der Waals surface area contributed by atoms with Gasteiger partial charge >= 0.3 is 5.97 Å². The second-order valence-corrected chi connectivity index (χ2v) is 18.0. The summed E-state index contributed by atoms with van der Waals surface area (Å²) in [7, 11) is 1.24. The van der Waals surface area contributed by atoms with Crippen molar-refractivity contribution in [2.24, 2.45) is 46.3 Å². The van der Waals surface area contributed by atoms with Crippen molar-refractivity contribution < 1.29 is 33.4 Å². The van der Waals surface area contributed by atoms with Crippen LogP contribution < -0.4 is 0 Å². The predicted molar refractivity (Wildman–Crippen MR) is 219 cm³/mol. The summed E-state index contributed by atoms with van der Waals surface area (Å²) in [4.78, 5) is 46.9. The van der Waals surface area contributed by atoms with Gasteiger partial charge in [-0.1, -0.05) is 64.8 Å². The van der Waals surface area contributed by atoms with Crippen molar-refractivity contribution in [2.75, 3.05) is 20.3 Å². The van der Waals surface area contributed by atoms with Crippen LogP contribution in [0.3, 0.4) is 0 Å². The van der Waals surface area contributed by atoms with Crippen molar-refractivity contribution in [3.63, 3.8) is 0 Å². The van der Waals surface area contributed by atoms with Crippen LogP contribution in [0.2, 0.25) is 0 Å². The molecular formula is C48H70O7. The van der Waals surface area contributed by atoms with E-state index in [2.05, 4.69) is 46.6 Å². The maximum absolute atomic E-state index is 12.0. The molecule has 0 saturated heterocycles. The van der Waals surface area contributed by atoms with E-state index in [-0.39, 0.29) is 34.7 Å². The topological polar surface area (TPSA) is 96.0 Å². The van der Waals surface area contributed by atoms with Gasteiger partial charge in [-0.3, -0.25) is 9.59 Å². The van der Waals surface area contributed by atoms with Gasteiger partial charge in [0.1, 0.15) is 18.1 Å². The van der Waals surface area contributed by atoms with Crippen molar-refractivity contribution >= 4 is 24.8 Å². The number of fused-ring (bicyclic) bond motifs is 1. The summed E-state index contributed by atoms with van der Waals surface area (Å²) in [6.45, 7) is 13.7. The number of hydrogen-bond donors (Lipinski definition) is 0. The van der Waals surface area contributed by atoms with Crippen LogP contribution in [0.4, 0.5) is 0 Å². The molecule has 9 unspecified atom stereocenters. The second-order valence-electron chi connectivity index (χ2n) is 18.0. The molecule has 0 bridgehead atoms. The summed E-state index contributed by atoms with van der Waals surface area (Å²) in [6, 6.07) is 0. The number of carbonyl (C=O) groups is 4. The van der Waals surface area contributed by atoms with Gasteiger partial charge in [0.25, 0.3) is 0 Å². The number of terminal acetylenes is 1. The van der Waals surface area contributed by atoms with Gasteiger partial charge in [-0.2, -0.15) is 0 Å². The van der Waals surface area contributed by atoms with E-state index in [1.807, 2.05) is 12.2 Å². The Labute approximate surface area is 332 Å². The molecule has 7 heteroatoms. The van der Waals surface area contributed by atoms with Crippen molar-refractivity contribution in [1.82, 2.24) is 0 Å². The van der Waals surface area contributed by atoms with E-state index in [1.165, 1.54) is 44.8 Å². The Hall–Kier alpha value is -3.08. The molecule has 0 amide bonds. The zero-order valence-electron chi connectivity index (χ0n) is 34.8. The Bertz CT molecular complexity index is 1480. The molecule has 55 heavy (non-hydrogen) atoms. The second kappa shape index (κ2) is 21.4. The maximum atomic E-state index is 12.0. The first kappa shape index (κ1) is 44.6. The lowest BCUT2D eigenvalue weighted by atomic mass is 9.60. The number of methoxy groups -OCH3 is 1. The fourth-order valence-corrected chi connectivity index (χ4v) is 10.9. The molecule has 7 nitrogen and oxygen atoms in total. The first-order valence-corrected chi connectivity index (χ1v) is 21.4. The molecule has 0 aromatic rings. The summed E-state index contributed by atoms with van der Waals surface area (Å²) in [5.74, 6) is 4.70. The molecular weight excluding hydrogens is 689 g/mol. The lowest BCUT2D eigenvalue weighted by Crippen LogP contribution is -2.37. The standard InChI is InChI=1S/C48H70O7/c1-8-44(46(52)53-7)39(32-51)15-9-10-28-54-42-21-20-41-29-43(55-33-36-13-11-16-37(30-49)38(31-50)17-12-14-36)22-19-40(48(41,6)27-25-42)24-26-47(5)35(4)18-23-45(47)34(2)3/h1,9,13,15-16,30-32,34-35,38,40-43,45H,10-12,14,17-29,33H2,2-7H3/b15-9-,36-13+,37-16-,44-39-. The molecule has 4 aliphatic carbocycles. The zero-order chi connectivity index (χ0) is 40.0. The fourth-order valence-electron chi connectivity index (χ4n) is 10.9. The molecule has 4 aliphatic rings. The first-order chi connectivity index (χ1) is 26.4. The third-order valence-corrected chi connectivity index (χ3v) is 14.7. The van der Waals surface area contributed by atoms with Gasteiger partial charge in [-0.05, 0) is 154 Å². The predicted octanol–water partition coefficient (Wildman–Crippen LogP) is 9.93. The third kappa shape index (κ3) is 11.5. The third-order valence-electron chi connectivity index (χ3n) is 14.7. The fraction of sp³-hybridized carbons (Fsp3) is 0.708. The number of rotatable bonds is 16. The smallest absolute Gasteiger partial charge is 0.347 e. The largest absolute Gasteiger partial charge is 0.465 e. The maximum Gasteiger partial charge on any atom is 0.347 e. The monoisotopic (exact) mass is 759 g/mol. The van der Waals surface area contributed by atoms with E-state index in [0.29, 0.717) is 67.5 Å². The summed E-state index contributed by atoms with van der Waals surface area (Å²) < 4.78 is 18.1.